The molecule has 0 amide bonds. The average Bonchev–Trinajstić information content (AvgIpc) is 3.19. The van der Waals surface area contributed by atoms with Gasteiger partial charge in [-0.25, -0.2) is 15.0 Å². The lowest BCUT2D eigenvalue weighted by Gasteiger charge is -2.35. The Balaban J connectivity index is 1.51. The van der Waals surface area contributed by atoms with Gasteiger partial charge >= 0.3 is 0 Å². The summed E-state index contributed by atoms with van der Waals surface area (Å²) in [6.45, 7) is 3.84. The number of imidazole rings is 1. The Labute approximate surface area is 165 Å². The van der Waals surface area contributed by atoms with Gasteiger partial charge in [-0.2, -0.15) is 0 Å². The highest BCUT2D eigenvalue weighted by Gasteiger charge is 2.29. The summed E-state index contributed by atoms with van der Waals surface area (Å²) < 4.78 is 1.90. The van der Waals surface area contributed by atoms with Crippen LogP contribution in [0.25, 0.3) is 11.4 Å². The van der Waals surface area contributed by atoms with Crippen LogP contribution in [0.5, 0.6) is 0 Å². The second kappa shape index (κ2) is 8.06. The number of nitrogens with zero attached hydrogens (tertiary/aromatic N) is 6. The molecule has 0 aliphatic carbocycles. The van der Waals surface area contributed by atoms with E-state index in [1.54, 1.807) is 18.6 Å². The summed E-state index contributed by atoms with van der Waals surface area (Å²) in [6, 6.07) is 5.96. The molecule has 0 bridgehead atoms. The quantitative estimate of drug-likeness (QED) is 0.735. The number of aryl methyl sites for hydroxylation is 2. The number of aromatic nitrogens is 5. The largest absolute Gasteiger partial charge is 0.385 e. The van der Waals surface area contributed by atoms with Crippen molar-refractivity contribution in [2.45, 2.75) is 32.3 Å². The predicted octanol–water partition coefficient (Wildman–Crippen LogP) is 2.78. The lowest BCUT2D eigenvalue weighted by molar-refractivity contribution is 0.0824. The monoisotopic (exact) mass is 378 g/mol. The van der Waals surface area contributed by atoms with Crippen LogP contribution in [0.1, 0.15) is 37.4 Å². The van der Waals surface area contributed by atoms with E-state index in [-0.39, 0.29) is 5.92 Å². The first kappa shape index (κ1) is 18.6. The van der Waals surface area contributed by atoms with E-state index >= 15 is 0 Å². The van der Waals surface area contributed by atoms with E-state index in [4.69, 9.17) is 4.98 Å². The normalized spacial score (nSPS) is 16.3. The Hall–Kier alpha value is -2.80. The van der Waals surface area contributed by atoms with Gasteiger partial charge in [0.1, 0.15) is 17.7 Å². The van der Waals surface area contributed by atoms with Gasteiger partial charge in [0.15, 0.2) is 5.82 Å². The fourth-order valence-electron chi connectivity index (χ4n) is 3.77. The maximum Gasteiger partial charge on any atom is 0.161 e. The number of hydrogen-bond donors (Lipinski definition) is 1. The molecular formula is C21H26N6O. The Morgan fingerprint density at radius 3 is 2.54 bits per heavy atom. The molecule has 1 atom stereocenters. The Bertz CT molecular complexity index is 918. The molecule has 4 heterocycles. The molecule has 28 heavy (non-hydrogen) atoms. The zero-order valence-electron chi connectivity index (χ0n) is 16.4. The summed E-state index contributed by atoms with van der Waals surface area (Å²) in [5, 5.41) is 10.7. The van der Waals surface area contributed by atoms with Crippen LogP contribution in [0, 0.1) is 5.92 Å². The molecule has 1 aliphatic heterocycles. The number of aliphatic hydroxyl groups excluding tert-OH is 1. The molecule has 3 aromatic heterocycles. The number of rotatable bonds is 5. The summed E-state index contributed by atoms with van der Waals surface area (Å²) in [4.78, 5) is 20.2. The number of pyridine rings is 1. The summed E-state index contributed by atoms with van der Waals surface area (Å²) in [6.07, 6.45) is 9.30. The van der Waals surface area contributed by atoms with Gasteiger partial charge in [0.2, 0.25) is 0 Å². The fourth-order valence-corrected chi connectivity index (χ4v) is 3.77. The van der Waals surface area contributed by atoms with Crippen LogP contribution in [0.15, 0.2) is 43.0 Å². The maximum absolute atomic E-state index is 10.7. The Morgan fingerprint density at radius 2 is 1.89 bits per heavy atom. The minimum atomic E-state index is -0.522. The van der Waals surface area contributed by atoms with Crippen molar-refractivity contribution in [1.82, 2.24) is 24.5 Å². The van der Waals surface area contributed by atoms with Crippen molar-refractivity contribution in [1.29, 1.82) is 0 Å². The van der Waals surface area contributed by atoms with Gasteiger partial charge in [-0.3, -0.25) is 4.98 Å². The summed E-state index contributed by atoms with van der Waals surface area (Å²) >= 11 is 0. The second-order valence-electron chi connectivity index (χ2n) is 7.30. The molecule has 3 aromatic rings. The molecule has 0 saturated carbocycles. The molecule has 0 spiro atoms. The topological polar surface area (TPSA) is 80.0 Å². The first-order valence-corrected chi connectivity index (χ1v) is 9.84. The van der Waals surface area contributed by atoms with Crippen LogP contribution >= 0.6 is 0 Å². The highest BCUT2D eigenvalue weighted by molar-refractivity contribution is 5.57. The van der Waals surface area contributed by atoms with Gasteiger partial charge in [0.05, 0.1) is 0 Å². The molecule has 0 aromatic carbocycles. The van der Waals surface area contributed by atoms with Gasteiger partial charge in [-0.1, -0.05) is 6.92 Å². The molecule has 7 nitrogen and oxygen atoms in total. The molecule has 1 fully saturated rings. The first-order valence-electron chi connectivity index (χ1n) is 9.84. The van der Waals surface area contributed by atoms with Crippen molar-refractivity contribution < 1.29 is 5.11 Å². The van der Waals surface area contributed by atoms with Crippen molar-refractivity contribution in [3.8, 4) is 11.4 Å². The van der Waals surface area contributed by atoms with Crippen LogP contribution in [0.4, 0.5) is 5.82 Å². The number of piperidine rings is 1. The summed E-state index contributed by atoms with van der Waals surface area (Å²) in [7, 11) is 1.93. The maximum atomic E-state index is 10.7. The van der Waals surface area contributed by atoms with Crippen molar-refractivity contribution in [3.63, 3.8) is 0 Å². The van der Waals surface area contributed by atoms with Crippen LogP contribution in [-0.4, -0.2) is 42.7 Å². The van der Waals surface area contributed by atoms with Gasteiger partial charge in [0, 0.05) is 62.2 Å². The van der Waals surface area contributed by atoms with Gasteiger partial charge in [-0.05, 0) is 37.3 Å². The van der Waals surface area contributed by atoms with E-state index in [1.165, 1.54) is 0 Å². The SMILES string of the molecule is CCc1cc(N2CCC(C(O)c3nccn3C)CC2)nc(-c2ccncc2)n1. The third kappa shape index (κ3) is 3.75. The van der Waals surface area contributed by atoms with Crippen LogP contribution in [0.3, 0.4) is 0 Å². The van der Waals surface area contributed by atoms with Crippen molar-refractivity contribution in [3.05, 3.63) is 54.5 Å². The average molecular weight is 378 g/mol. The number of hydrogen-bond acceptors (Lipinski definition) is 6. The van der Waals surface area contributed by atoms with Crippen LogP contribution in [0.2, 0.25) is 0 Å². The van der Waals surface area contributed by atoms with E-state index < -0.39 is 6.10 Å². The molecular weight excluding hydrogens is 352 g/mol. The van der Waals surface area contributed by atoms with Crippen LogP contribution in [-0.2, 0) is 13.5 Å². The minimum absolute atomic E-state index is 0.213. The third-order valence-electron chi connectivity index (χ3n) is 5.50. The van der Waals surface area contributed by atoms with Gasteiger partial charge in [-0.15, -0.1) is 0 Å². The lowest BCUT2D eigenvalue weighted by Crippen LogP contribution is -2.36. The molecule has 0 radical (unpaired) electrons. The molecule has 1 unspecified atom stereocenters. The van der Waals surface area contributed by atoms with Crippen molar-refractivity contribution >= 4 is 5.82 Å². The molecule has 7 heteroatoms. The van der Waals surface area contributed by atoms with E-state index in [0.717, 1.165) is 61.1 Å². The smallest absolute Gasteiger partial charge is 0.161 e. The molecule has 1 aliphatic rings. The number of anilines is 1. The van der Waals surface area contributed by atoms with E-state index in [9.17, 15) is 5.11 Å². The second-order valence-corrected chi connectivity index (χ2v) is 7.30. The Morgan fingerprint density at radius 1 is 1.14 bits per heavy atom. The standard InChI is InChI=1S/C21H26N6O/c1-3-17-14-18(25-20(24-17)16-4-8-22-9-5-16)27-11-6-15(7-12-27)19(28)21-23-10-13-26(21)2/h4-5,8-10,13-15,19,28H,3,6-7,11-12H2,1-2H3. The van der Waals surface area contributed by atoms with Gasteiger partial charge < -0.3 is 14.6 Å². The summed E-state index contributed by atoms with van der Waals surface area (Å²) in [5.74, 6) is 2.66. The van der Waals surface area contributed by atoms with Gasteiger partial charge in [0.25, 0.3) is 0 Å². The minimum Gasteiger partial charge on any atom is -0.385 e. The lowest BCUT2D eigenvalue weighted by atomic mass is 9.90. The van der Waals surface area contributed by atoms with Crippen molar-refractivity contribution in [2.24, 2.45) is 13.0 Å². The number of aliphatic hydroxyl groups is 1. The van der Waals surface area contributed by atoms with E-state index in [0.29, 0.717) is 0 Å². The molecule has 146 valence electrons. The molecule has 1 N–H and O–H groups in total. The zero-order valence-corrected chi connectivity index (χ0v) is 16.4. The highest BCUT2D eigenvalue weighted by Crippen LogP contribution is 2.32. The first-order chi connectivity index (χ1) is 13.7. The zero-order chi connectivity index (χ0) is 19.5. The summed E-state index contributed by atoms with van der Waals surface area (Å²) in [5.41, 5.74) is 2.01. The van der Waals surface area contributed by atoms with E-state index in [1.807, 2.05) is 29.9 Å². The third-order valence-corrected chi connectivity index (χ3v) is 5.50. The fraction of sp³-hybridized carbons (Fsp3) is 0.429. The van der Waals surface area contributed by atoms with Crippen molar-refractivity contribution in [2.75, 3.05) is 18.0 Å². The predicted molar refractivity (Wildman–Crippen MR) is 108 cm³/mol. The molecule has 1 saturated heterocycles. The highest BCUT2D eigenvalue weighted by atomic mass is 16.3. The Kier molecular flexibility index (Phi) is 5.34. The molecule has 4 rings (SSSR count). The van der Waals surface area contributed by atoms with Crippen LogP contribution < -0.4 is 4.90 Å². The van der Waals surface area contributed by atoms with E-state index in [2.05, 4.69) is 32.8 Å².